The molecule has 1 aromatic carbocycles. The molecule has 160 valence electrons. The number of carbonyl (C=O) groups excluding carboxylic acids is 3. The fourth-order valence-corrected chi connectivity index (χ4v) is 3.12. The average molecular weight is 416 g/mol. The molecule has 1 atom stereocenters. The lowest BCUT2D eigenvalue weighted by atomic mass is 10.1. The fourth-order valence-electron chi connectivity index (χ4n) is 3.12. The highest BCUT2D eigenvalue weighted by molar-refractivity contribution is 5.99. The maximum absolute atomic E-state index is 12.5. The molecule has 0 radical (unpaired) electrons. The van der Waals surface area contributed by atoms with Gasteiger partial charge in [-0.25, -0.2) is 9.59 Å². The van der Waals surface area contributed by atoms with Crippen molar-refractivity contribution in [2.75, 3.05) is 13.4 Å². The SMILES string of the molecule is CCOC(=O)c1c(C)[nH]c(C(=O)OC(C)C(=O)NCc2ccc3c(c2)OCO3)c1C. The third-order valence-electron chi connectivity index (χ3n) is 4.68. The molecule has 2 heterocycles. The van der Waals surface area contributed by atoms with E-state index in [0.717, 1.165) is 5.56 Å². The number of ether oxygens (including phenoxy) is 4. The second kappa shape index (κ2) is 8.89. The predicted molar refractivity (Wildman–Crippen MR) is 106 cm³/mol. The summed E-state index contributed by atoms with van der Waals surface area (Å²) in [7, 11) is 0. The molecule has 1 amide bonds. The number of aromatic nitrogens is 1. The number of aromatic amines is 1. The monoisotopic (exact) mass is 416 g/mol. The number of amides is 1. The van der Waals surface area contributed by atoms with Gasteiger partial charge in [-0.2, -0.15) is 0 Å². The number of nitrogens with one attached hydrogen (secondary N) is 2. The fraction of sp³-hybridized carbons (Fsp3) is 0.381. The highest BCUT2D eigenvalue weighted by atomic mass is 16.7. The first-order chi connectivity index (χ1) is 14.3. The number of hydrogen-bond acceptors (Lipinski definition) is 7. The Labute approximate surface area is 173 Å². The van der Waals surface area contributed by atoms with Crippen LogP contribution in [0.15, 0.2) is 18.2 Å². The smallest absolute Gasteiger partial charge is 0.355 e. The van der Waals surface area contributed by atoms with Crippen molar-refractivity contribution >= 4 is 17.8 Å². The van der Waals surface area contributed by atoms with Crippen molar-refractivity contribution in [1.29, 1.82) is 0 Å². The van der Waals surface area contributed by atoms with Crippen molar-refractivity contribution in [3.8, 4) is 11.5 Å². The lowest BCUT2D eigenvalue weighted by Gasteiger charge is -2.13. The number of rotatable bonds is 7. The number of aryl methyl sites for hydroxylation is 1. The molecular formula is C21H24N2O7. The first-order valence-corrected chi connectivity index (χ1v) is 9.55. The van der Waals surface area contributed by atoms with Crippen molar-refractivity contribution in [1.82, 2.24) is 10.3 Å². The molecule has 30 heavy (non-hydrogen) atoms. The van der Waals surface area contributed by atoms with Crippen molar-refractivity contribution in [2.24, 2.45) is 0 Å². The Balaban J connectivity index is 1.59. The number of H-pyrrole nitrogens is 1. The molecule has 0 bridgehead atoms. The Hall–Kier alpha value is -3.49. The van der Waals surface area contributed by atoms with E-state index in [1.165, 1.54) is 6.92 Å². The zero-order valence-electron chi connectivity index (χ0n) is 17.3. The summed E-state index contributed by atoms with van der Waals surface area (Å²) in [6.45, 7) is 7.11. The normalized spacial score (nSPS) is 12.9. The van der Waals surface area contributed by atoms with Gasteiger partial charge in [-0.1, -0.05) is 6.07 Å². The Morgan fingerprint density at radius 2 is 1.90 bits per heavy atom. The van der Waals surface area contributed by atoms with Gasteiger partial charge in [0.25, 0.3) is 5.91 Å². The highest BCUT2D eigenvalue weighted by Gasteiger charge is 2.26. The van der Waals surface area contributed by atoms with Gasteiger partial charge in [0.15, 0.2) is 17.6 Å². The van der Waals surface area contributed by atoms with E-state index < -0.39 is 23.9 Å². The van der Waals surface area contributed by atoms with Crippen LogP contribution >= 0.6 is 0 Å². The number of benzene rings is 1. The summed E-state index contributed by atoms with van der Waals surface area (Å²) in [5.74, 6) is -0.413. The minimum Gasteiger partial charge on any atom is -0.462 e. The molecule has 0 spiro atoms. The van der Waals surface area contributed by atoms with Crippen LogP contribution in [0.5, 0.6) is 11.5 Å². The van der Waals surface area contributed by atoms with Gasteiger partial charge in [0, 0.05) is 12.2 Å². The van der Waals surface area contributed by atoms with Gasteiger partial charge in [-0.3, -0.25) is 4.79 Å². The Morgan fingerprint density at radius 1 is 1.17 bits per heavy atom. The van der Waals surface area contributed by atoms with Gasteiger partial charge in [0.2, 0.25) is 6.79 Å². The van der Waals surface area contributed by atoms with E-state index in [-0.39, 0.29) is 25.6 Å². The van der Waals surface area contributed by atoms with Gasteiger partial charge in [0.1, 0.15) is 5.69 Å². The van der Waals surface area contributed by atoms with E-state index in [9.17, 15) is 14.4 Å². The van der Waals surface area contributed by atoms with Crippen LogP contribution in [-0.4, -0.2) is 42.3 Å². The standard InChI is InChI=1S/C21H24N2O7/c1-5-27-20(25)17-11(2)18(23-12(17)3)21(26)30-13(4)19(24)22-9-14-6-7-15-16(8-14)29-10-28-15/h6-8,13,23H,5,9-10H2,1-4H3,(H,22,24). The molecule has 2 N–H and O–H groups in total. The quantitative estimate of drug-likeness (QED) is 0.666. The van der Waals surface area contributed by atoms with Crippen LogP contribution in [0.1, 0.15) is 51.5 Å². The summed E-state index contributed by atoms with van der Waals surface area (Å²) in [6, 6.07) is 5.36. The van der Waals surface area contributed by atoms with E-state index >= 15 is 0 Å². The molecule has 0 fully saturated rings. The third kappa shape index (κ3) is 4.40. The maximum atomic E-state index is 12.5. The number of fused-ring (bicyclic) bond motifs is 1. The zero-order chi connectivity index (χ0) is 21.8. The molecule has 1 unspecified atom stereocenters. The summed E-state index contributed by atoms with van der Waals surface area (Å²) in [5.41, 5.74) is 2.15. The molecule has 9 nitrogen and oxygen atoms in total. The summed E-state index contributed by atoms with van der Waals surface area (Å²) in [4.78, 5) is 39.8. The molecule has 9 heteroatoms. The summed E-state index contributed by atoms with van der Waals surface area (Å²) in [6.07, 6.45) is -1.03. The Morgan fingerprint density at radius 3 is 2.63 bits per heavy atom. The van der Waals surface area contributed by atoms with Crippen LogP contribution in [0.2, 0.25) is 0 Å². The van der Waals surface area contributed by atoms with Gasteiger partial charge in [-0.15, -0.1) is 0 Å². The topological polar surface area (TPSA) is 116 Å². The molecule has 1 aliphatic rings. The molecule has 1 aliphatic heterocycles. The molecule has 0 saturated carbocycles. The number of carbonyl (C=O) groups is 3. The maximum Gasteiger partial charge on any atom is 0.355 e. The summed E-state index contributed by atoms with van der Waals surface area (Å²) < 4.78 is 20.8. The lowest BCUT2D eigenvalue weighted by Crippen LogP contribution is -2.35. The molecular weight excluding hydrogens is 392 g/mol. The van der Waals surface area contributed by atoms with Crippen LogP contribution in [0.4, 0.5) is 0 Å². The first-order valence-electron chi connectivity index (χ1n) is 9.55. The minimum absolute atomic E-state index is 0.117. The van der Waals surface area contributed by atoms with Crippen LogP contribution < -0.4 is 14.8 Å². The molecule has 0 saturated heterocycles. The Kier molecular flexibility index (Phi) is 6.29. The van der Waals surface area contributed by atoms with E-state index in [1.807, 2.05) is 6.07 Å². The molecule has 2 aromatic rings. The Bertz CT molecular complexity index is 980. The molecule has 0 aliphatic carbocycles. The van der Waals surface area contributed by atoms with Crippen molar-refractivity contribution in [3.05, 3.63) is 46.3 Å². The predicted octanol–water partition coefficient (Wildman–Crippen LogP) is 2.40. The van der Waals surface area contributed by atoms with Crippen LogP contribution in [0.3, 0.4) is 0 Å². The van der Waals surface area contributed by atoms with Crippen LogP contribution in [-0.2, 0) is 20.8 Å². The largest absolute Gasteiger partial charge is 0.462 e. The zero-order valence-corrected chi connectivity index (χ0v) is 17.3. The molecule has 1 aromatic heterocycles. The number of esters is 2. The second-order valence-electron chi connectivity index (χ2n) is 6.80. The van der Waals surface area contributed by atoms with Gasteiger partial charge in [-0.05, 0) is 51.0 Å². The third-order valence-corrected chi connectivity index (χ3v) is 4.68. The van der Waals surface area contributed by atoms with Gasteiger partial charge in [0.05, 0.1) is 12.2 Å². The minimum atomic E-state index is -1.03. The van der Waals surface area contributed by atoms with Crippen molar-refractivity contribution < 1.29 is 33.3 Å². The van der Waals surface area contributed by atoms with E-state index in [0.29, 0.717) is 28.3 Å². The van der Waals surface area contributed by atoms with E-state index in [4.69, 9.17) is 18.9 Å². The van der Waals surface area contributed by atoms with Crippen LogP contribution in [0.25, 0.3) is 0 Å². The molecule has 3 rings (SSSR count). The van der Waals surface area contributed by atoms with E-state index in [1.54, 1.807) is 32.9 Å². The van der Waals surface area contributed by atoms with Gasteiger partial charge < -0.3 is 29.2 Å². The van der Waals surface area contributed by atoms with E-state index in [2.05, 4.69) is 10.3 Å². The second-order valence-corrected chi connectivity index (χ2v) is 6.80. The van der Waals surface area contributed by atoms with Gasteiger partial charge >= 0.3 is 11.9 Å². The number of hydrogen-bond donors (Lipinski definition) is 2. The van der Waals surface area contributed by atoms with Crippen molar-refractivity contribution in [3.63, 3.8) is 0 Å². The van der Waals surface area contributed by atoms with Crippen LogP contribution in [0, 0.1) is 13.8 Å². The first kappa shape index (κ1) is 21.2. The average Bonchev–Trinajstić information content (AvgIpc) is 3.29. The lowest BCUT2D eigenvalue weighted by molar-refractivity contribution is -0.129. The highest BCUT2D eigenvalue weighted by Crippen LogP contribution is 2.32. The summed E-state index contributed by atoms with van der Waals surface area (Å²) >= 11 is 0. The van der Waals surface area contributed by atoms with Crippen molar-refractivity contribution in [2.45, 2.75) is 40.3 Å². The summed E-state index contributed by atoms with van der Waals surface area (Å²) in [5, 5.41) is 2.72.